The van der Waals surface area contributed by atoms with Crippen LogP contribution in [0.15, 0.2) is 23.6 Å². The van der Waals surface area contributed by atoms with Crippen molar-refractivity contribution < 1.29 is 9.53 Å². The van der Waals surface area contributed by atoms with E-state index < -0.39 is 0 Å². The van der Waals surface area contributed by atoms with Crippen molar-refractivity contribution in [3.63, 3.8) is 0 Å². The number of nitrogens with zero attached hydrogens (tertiary/aromatic N) is 1. The molecule has 2 aliphatic rings. The summed E-state index contributed by atoms with van der Waals surface area (Å²) in [5.74, 6) is 0.990. The number of hydrogen-bond donors (Lipinski definition) is 1. The molecule has 150 valence electrons. The molecule has 2 atom stereocenters. The van der Waals surface area contributed by atoms with Crippen molar-refractivity contribution in [1.29, 1.82) is 0 Å². The van der Waals surface area contributed by atoms with E-state index >= 15 is 0 Å². The number of benzene rings is 1. The van der Waals surface area contributed by atoms with Crippen LogP contribution in [0, 0.1) is 20.8 Å². The predicted octanol–water partition coefficient (Wildman–Crippen LogP) is 4.61. The van der Waals surface area contributed by atoms with Crippen molar-refractivity contribution in [2.45, 2.75) is 71.2 Å². The molecule has 1 aromatic heterocycles. The first-order chi connectivity index (χ1) is 13.4. The second kappa shape index (κ2) is 7.88. The number of fused-ring (bicyclic) bond motifs is 2. The highest BCUT2D eigenvalue weighted by molar-refractivity contribution is 7.12. The summed E-state index contributed by atoms with van der Waals surface area (Å²) in [5.41, 5.74) is 4.68. The largest absolute Gasteiger partial charge is 0.489 e. The smallest absolute Gasteiger partial charge is 0.261 e. The fourth-order valence-electron chi connectivity index (χ4n) is 4.67. The molecule has 1 amide bonds. The van der Waals surface area contributed by atoms with Crippen molar-refractivity contribution in [3.05, 3.63) is 50.7 Å². The van der Waals surface area contributed by atoms with Crippen LogP contribution in [0.2, 0.25) is 0 Å². The Hall–Kier alpha value is -1.85. The number of thiophene rings is 1. The lowest BCUT2D eigenvalue weighted by Gasteiger charge is -2.36. The van der Waals surface area contributed by atoms with Gasteiger partial charge in [-0.25, -0.2) is 0 Å². The van der Waals surface area contributed by atoms with Crippen LogP contribution in [0.3, 0.4) is 0 Å². The van der Waals surface area contributed by atoms with E-state index in [4.69, 9.17) is 4.74 Å². The zero-order valence-corrected chi connectivity index (χ0v) is 18.1. The van der Waals surface area contributed by atoms with Crippen molar-refractivity contribution in [2.75, 3.05) is 7.05 Å². The summed E-state index contributed by atoms with van der Waals surface area (Å²) in [6.45, 7) is 6.77. The summed E-state index contributed by atoms with van der Waals surface area (Å²) < 4.78 is 6.05. The molecule has 1 N–H and O–H groups in total. The number of piperidine rings is 1. The summed E-state index contributed by atoms with van der Waals surface area (Å²) >= 11 is 1.51. The van der Waals surface area contributed by atoms with Gasteiger partial charge in [-0.05, 0) is 87.7 Å². The molecular formula is C23H30N2O2S. The Morgan fingerprint density at radius 3 is 2.61 bits per heavy atom. The maximum atomic E-state index is 12.7. The quantitative estimate of drug-likeness (QED) is 0.800. The zero-order chi connectivity index (χ0) is 19.8. The molecule has 0 radical (unpaired) electrons. The fourth-order valence-corrected chi connectivity index (χ4v) is 5.47. The van der Waals surface area contributed by atoms with Gasteiger partial charge in [-0.15, -0.1) is 11.3 Å². The number of carbonyl (C=O) groups excluding carboxylic acids is 1. The van der Waals surface area contributed by atoms with Gasteiger partial charge in [-0.2, -0.15) is 0 Å². The van der Waals surface area contributed by atoms with E-state index in [1.54, 1.807) is 0 Å². The van der Waals surface area contributed by atoms with Crippen molar-refractivity contribution in [3.8, 4) is 5.75 Å². The highest BCUT2D eigenvalue weighted by atomic mass is 32.1. The average molecular weight is 399 g/mol. The van der Waals surface area contributed by atoms with E-state index in [0.717, 1.165) is 29.0 Å². The second-order valence-corrected chi connectivity index (χ2v) is 9.42. The van der Waals surface area contributed by atoms with Crippen LogP contribution in [0.25, 0.3) is 0 Å². The maximum absolute atomic E-state index is 12.7. The standard InChI is InChI=1S/C23H30N2O2S/c1-14-7-15(2)16(3)21(8-14)27-12-17-9-22(28-13-17)23(26)24-18-10-19-5-6-20(11-18)25(19)4/h7-9,13,18-20H,5-6,10-12H2,1-4H3,(H,24,26). The second-order valence-electron chi connectivity index (χ2n) is 8.51. The van der Waals surface area contributed by atoms with Crippen LogP contribution in [0.1, 0.15) is 57.6 Å². The Morgan fingerprint density at radius 1 is 1.18 bits per heavy atom. The van der Waals surface area contributed by atoms with Gasteiger partial charge in [0.15, 0.2) is 0 Å². The number of amides is 1. The van der Waals surface area contributed by atoms with Crippen molar-refractivity contribution in [2.24, 2.45) is 0 Å². The maximum Gasteiger partial charge on any atom is 0.261 e. The summed E-state index contributed by atoms with van der Waals surface area (Å²) in [6.07, 6.45) is 4.69. The molecule has 2 bridgehead atoms. The summed E-state index contributed by atoms with van der Waals surface area (Å²) in [7, 11) is 2.23. The molecular weight excluding hydrogens is 368 g/mol. The Bertz CT molecular complexity index is 861. The van der Waals surface area contributed by atoms with Crippen LogP contribution >= 0.6 is 11.3 Å². The average Bonchev–Trinajstić information content (AvgIpc) is 3.19. The molecule has 28 heavy (non-hydrogen) atoms. The predicted molar refractivity (Wildman–Crippen MR) is 114 cm³/mol. The van der Waals surface area contributed by atoms with E-state index in [1.165, 1.54) is 40.9 Å². The Balaban J connectivity index is 1.35. The normalized spacial score (nSPS) is 24.4. The Morgan fingerprint density at radius 2 is 1.89 bits per heavy atom. The molecule has 2 unspecified atom stereocenters. The fraction of sp³-hybridized carbons (Fsp3) is 0.522. The molecule has 2 aromatic rings. The molecule has 2 aliphatic heterocycles. The van der Waals surface area contributed by atoms with Gasteiger partial charge in [-0.3, -0.25) is 4.79 Å². The molecule has 1 aromatic carbocycles. The lowest BCUT2D eigenvalue weighted by Crippen LogP contribution is -2.48. The Kier molecular flexibility index (Phi) is 5.48. The molecule has 0 saturated carbocycles. The van der Waals surface area contributed by atoms with Gasteiger partial charge in [0.25, 0.3) is 5.91 Å². The van der Waals surface area contributed by atoms with Gasteiger partial charge in [0, 0.05) is 23.7 Å². The van der Waals surface area contributed by atoms with Crippen LogP contribution in [-0.2, 0) is 6.61 Å². The summed E-state index contributed by atoms with van der Waals surface area (Å²) in [4.78, 5) is 16.0. The van der Waals surface area contributed by atoms with Crippen molar-refractivity contribution in [1.82, 2.24) is 10.2 Å². The lowest BCUT2D eigenvalue weighted by molar-refractivity contribution is 0.0886. The highest BCUT2D eigenvalue weighted by Gasteiger charge is 2.38. The summed E-state index contributed by atoms with van der Waals surface area (Å²) in [6, 6.07) is 7.80. The minimum absolute atomic E-state index is 0.0628. The van der Waals surface area contributed by atoms with E-state index in [2.05, 4.69) is 50.2 Å². The van der Waals surface area contributed by atoms with Crippen LogP contribution in [-0.4, -0.2) is 36.0 Å². The van der Waals surface area contributed by atoms with E-state index in [-0.39, 0.29) is 5.91 Å². The first-order valence-corrected chi connectivity index (χ1v) is 11.1. The molecule has 0 aliphatic carbocycles. The van der Waals surface area contributed by atoms with Gasteiger partial charge in [-0.1, -0.05) is 6.07 Å². The SMILES string of the molecule is Cc1cc(C)c(C)c(OCc2csc(C(=O)NC3CC4CCC(C3)N4C)c2)c1. The van der Waals surface area contributed by atoms with Crippen molar-refractivity contribution >= 4 is 17.2 Å². The molecule has 0 spiro atoms. The van der Waals surface area contributed by atoms with Crippen LogP contribution < -0.4 is 10.1 Å². The lowest BCUT2D eigenvalue weighted by atomic mass is 9.98. The third-order valence-electron chi connectivity index (χ3n) is 6.47. The molecule has 2 saturated heterocycles. The van der Waals surface area contributed by atoms with Gasteiger partial charge >= 0.3 is 0 Å². The van der Waals surface area contributed by atoms with Gasteiger partial charge in [0.2, 0.25) is 0 Å². The molecule has 5 heteroatoms. The van der Waals surface area contributed by atoms with E-state index in [9.17, 15) is 4.79 Å². The Labute approximate surface area is 171 Å². The first-order valence-electron chi connectivity index (χ1n) is 10.2. The molecule has 2 fully saturated rings. The third kappa shape index (κ3) is 3.96. The van der Waals surface area contributed by atoms with Gasteiger partial charge < -0.3 is 15.0 Å². The number of aryl methyl sites for hydroxylation is 2. The van der Waals surface area contributed by atoms with Crippen LogP contribution in [0.4, 0.5) is 0 Å². The monoisotopic (exact) mass is 398 g/mol. The van der Waals surface area contributed by atoms with E-state index in [0.29, 0.717) is 24.7 Å². The third-order valence-corrected chi connectivity index (χ3v) is 7.45. The first kappa shape index (κ1) is 19.5. The zero-order valence-electron chi connectivity index (χ0n) is 17.2. The number of hydrogen-bond acceptors (Lipinski definition) is 4. The highest BCUT2D eigenvalue weighted by Crippen LogP contribution is 2.34. The molecule has 3 heterocycles. The minimum atomic E-state index is 0.0628. The minimum Gasteiger partial charge on any atom is -0.489 e. The number of carbonyl (C=O) groups is 1. The molecule has 4 nitrogen and oxygen atoms in total. The summed E-state index contributed by atoms with van der Waals surface area (Å²) in [5, 5.41) is 5.30. The van der Waals surface area contributed by atoms with Crippen LogP contribution in [0.5, 0.6) is 5.75 Å². The topological polar surface area (TPSA) is 41.6 Å². The number of ether oxygens (including phenoxy) is 1. The van der Waals surface area contributed by atoms with Gasteiger partial charge in [0.05, 0.1) is 4.88 Å². The number of nitrogens with one attached hydrogen (secondary N) is 1. The molecule has 4 rings (SSSR count). The van der Waals surface area contributed by atoms with E-state index in [1.807, 2.05) is 11.4 Å². The van der Waals surface area contributed by atoms with Gasteiger partial charge in [0.1, 0.15) is 12.4 Å². The number of rotatable bonds is 5.